The van der Waals surface area contributed by atoms with Gasteiger partial charge in [-0.25, -0.2) is 13.1 Å². The predicted molar refractivity (Wildman–Crippen MR) is 125 cm³/mol. The van der Waals surface area contributed by atoms with Crippen molar-refractivity contribution >= 4 is 27.3 Å². The lowest BCUT2D eigenvalue weighted by Crippen LogP contribution is -2.26. The number of nitrogens with one attached hydrogen (secondary N) is 1. The summed E-state index contributed by atoms with van der Waals surface area (Å²) < 4.78 is 29.0. The van der Waals surface area contributed by atoms with Gasteiger partial charge in [0.25, 0.3) is 15.9 Å². The summed E-state index contributed by atoms with van der Waals surface area (Å²) in [7, 11) is -2.30. The summed E-state index contributed by atoms with van der Waals surface area (Å²) >= 11 is 0. The Morgan fingerprint density at radius 2 is 1.56 bits per heavy atom. The number of aromatic nitrogens is 2. The van der Waals surface area contributed by atoms with E-state index in [4.69, 9.17) is 0 Å². The fourth-order valence-electron chi connectivity index (χ4n) is 3.28. The van der Waals surface area contributed by atoms with Crippen LogP contribution in [-0.2, 0) is 10.0 Å². The molecule has 0 saturated heterocycles. The van der Waals surface area contributed by atoms with Gasteiger partial charge in [-0.05, 0) is 55.5 Å². The highest BCUT2D eigenvalue weighted by Crippen LogP contribution is 2.24. The van der Waals surface area contributed by atoms with E-state index >= 15 is 0 Å². The molecular formula is C24H22N4O3S. The number of amides is 1. The lowest BCUT2D eigenvalue weighted by atomic mass is 10.3. The standard InChI is InChI=1S/C24H22N4O3S/c1-18-16-23(26-28(18)21-13-7-4-8-14-21)24(29)25-19-10-9-15-22(17-19)32(30,31)27(2)20-11-5-3-6-12-20/h3-17H,1-2H3,(H,25,29). The maximum atomic E-state index is 13.0. The SMILES string of the molecule is Cc1cc(C(=O)Nc2cccc(S(=O)(=O)N(C)c3ccccc3)c2)nn1-c1ccccc1. The summed E-state index contributed by atoms with van der Waals surface area (Å²) in [4.78, 5) is 12.9. The minimum Gasteiger partial charge on any atom is -0.321 e. The van der Waals surface area contributed by atoms with E-state index in [0.717, 1.165) is 11.4 Å². The number of carbonyl (C=O) groups excluding carboxylic acids is 1. The molecule has 0 aliphatic rings. The first-order chi connectivity index (χ1) is 15.4. The zero-order valence-corrected chi connectivity index (χ0v) is 18.5. The van der Waals surface area contributed by atoms with Crippen molar-refractivity contribution in [3.05, 3.63) is 102 Å². The summed E-state index contributed by atoms with van der Waals surface area (Å²) in [6.45, 7) is 1.86. The van der Waals surface area contributed by atoms with Crippen molar-refractivity contribution in [2.24, 2.45) is 0 Å². The quantitative estimate of drug-likeness (QED) is 0.480. The molecular weight excluding hydrogens is 424 g/mol. The van der Waals surface area contributed by atoms with E-state index in [1.165, 1.54) is 23.5 Å². The highest BCUT2D eigenvalue weighted by atomic mass is 32.2. The smallest absolute Gasteiger partial charge is 0.276 e. The maximum absolute atomic E-state index is 13.0. The number of aryl methyl sites for hydroxylation is 1. The Balaban J connectivity index is 1.56. The summed E-state index contributed by atoms with van der Waals surface area (Å²) in [6.07, 6.45) is 0. The molecule has 1 amide bonds. The van der Waals surface area contributed by atoms with E-state index in [-0.39, 0.29) is 10.6 Å². The highest BCUT2D eigenvalue weighted by Gasteiger charge is 2.22. The Bertz CT molecular complexity index is 1350. The zero-order valence-electron chi connectivity index (χ0n) is 17.6. The third-order valence-corrected chi connectivity index (χ3v) is 6.77. The predicted octanol–water partition coefficient (Wildman–Crippen LogP) is 4.26. The number of sulfonamides is 1. The van der Waals surface area contributed by atoms with Crippen LogP contribution < -0.4 is 9.62 Å². The van der Waals surface area contributed by atoms with Crippen LogP contribution in [0.4, 0.5) is 11.4 Å². The number of carbonyl (C=O) groups is 1. The molecule has 1 heterocycles. The Morgan fingerprint density at radius 1 is 0.906 bits per heavy atom. The van der Waals surface area contributed by atoms with Crippen molar-refractivity contribution < 1.29 is 13.2 Å². The third-order valence-electron chi connectivity index (χ3n) is 4.99. The molecule has 1 aromatic heterocycles. The fraction of sp³-hybridized carbons (Fsp3) is 0.0833. The van der Waals surface area contributed by atoms with Crippen LogP contribution in [0.1, 0.15) is 16.2 Å². The van der Waals surface area contributed by atoms with Crippen molar-refractivity contribution in [2.75, 3.05) is 16.7 Å². The molecule has 0 bridgehead atoms. The van der Waals surface area contributed by atoms with Gasteiger partial charge < -0.3 is 5.32 Å². The van der Waals surface area contributed by atoms with Gasteiger partial charge in [0.1, 0.15) is 0 Å². The maximum Gasteiger partial charge on any atom is 0.276 e. The monoisotopic (exact) mass is 446 g/mol. The van der Waals surface area contributed by atoms with E-state index in [0.29, 0.717) is 11.4 Å². The van der Waals surface area contributed by atoms with Crippen molar-refractivity contribution in [2.45, 2.75) is 11.8 Å². The molecule has 0 unspecified atom stereocenters. The van der Waals surface area contributed by atoms with Crippen LogP contribution in [0.3, 0.4) is 0 Å². The lowest BCUT2D eigenvalue weighted by molar-refractivity contribution is 0.102. The summed E-state index contributed by atoms with van der Waals surface area (Å²) in [6, 6.07) is 26.2. The first kappa shape index (κ1) is 21.3. The van der Waals surface area contributed by atoms with Crippen LogP contribution in [-0.4, -0.2) is 31.2 Å². The molecule has 7 nitrogen and oxygen atoms in total. The molecule has 3 aromatic carbocycles. The minimum atomic E-state index is -3.79. The molecule has 1 N–H and O–H groups in total. The van der Waals surface area contributed by atoms with Gasteiger partial charge in [0.15, 0.2) is 5.69 Å². The molecule has 0 aliphatic carbocycles. The first-order valence-corrected chi connectivity index (χ1v) is 11.4. The molecule has 0 radical (unpaired) electrons. The fourth-order valence-corrected chi connectivity index (χ4v) is 4.52. The van der Waals surface area contributed by atoms with Gasteiger partial charge in [0.2, 0.25) is 0 Å². The molecule has 0 fully saturated rings. The second-order valence-corrected chi connectivity index (χ2v) is 9.18. The summed E-state index contributed by atoms with van der Waals surface area (Å²) in [5.74, 6) is -0.422. The second kappa shape index (κ2) is 8.68. The van der Waals surface area contributed by atoms with Crippen LogP contribution >= 0.6 is 0 Å². The minimum absolute atomic E-state index is 0.0765. The number of rotatable bonds is 6. The Hall–Kier alpha value is -3.91. The number of anilines is 2. The van der Waals surface area contributed by atoms with E-state index in [9.17, 15) is 13.2 Å². The van der Waals surface area contributed by atoms with E-state index in [1.54, 1.807) is 47.1 Å². The number of nitrogens with zero attached hydrogens (tertiary/aromatic N) is 3. The van der Waals surface area contributed by atoms with Gasteiger partial charge in [0.05, 0.1) is 16.3 Å². The molecule has 0 saturated carbocycles. The van der Waals surface area contributed by atoms with Gasteiger partial charge in [-0.1, -0.05) is 42.5 Å². The van der Waals surface area contributed by atoms with Crippen LogP contribution in [0.25, 0.3) is 5.69 Å². The summed E-state index contributed by atoms with van der Waals surface area (Å²) in [5, 5.41) is 7.14. The van der Waals surface area contributed by atoms with Gasteiger partial charge in [-0.15, -0.1) is 0 Å². The van der Waals surface area contributed by atoms with Crippen LogP contribution in [0.2, 0.25) is 0 Å². The molecule has 0 atom stereocenters. The van der Waals surface area contributed by atoms with Gasteiger partial charge >= 0.3 is 0 Å². The highest BCUT2D eigenvalue weighted by molar-refractivity contribution is 7.92. The summed E-state index contributed by atoms with van der Waals surface area (Å²) in [5.41, 5.74) is 2.80. The topological polar surface area (TPSA) is 84.3 Å². The van der Waals surface area contributed by atoms with Gasteiger partial charge in [-0.2, -0.15) is 5.10 Å². The molecule has 0 aliphatic heterocycles. The van der Waals surface area contributed by atoms with E-state index in [1.807, 2.05) is 43.3 Å². The number of para-hydroxylation sites is 2. The molecule has 4 aromatic rings. The Kier molecular flexibility index (Phi) is 5.79. The number of hydrogen-bond donors (Lipinski definition) is 1. The molecule has 32 heavy (non-hydrogen) atoms. The molecule has 162 valence electrons. The average molecular weight is 447 g/mol. The van der Waals surface area contributed by atoms with Crippen molar-refractivity contribution in [1.29, 1.82) is 0 Å². The van der Waals surface area contributed by atoms with Gasteiger partial charge in [-0.3, -0.25) is 9.10 Å². The van der Waals surface area contributed by atoms with Crippen LogP contribution in [0.15, 0.2) is 95.9 Å². The van der Waals surface area contributed by atoms with Crippen LogP contribution in [0.5, 0.6) is 0 Å². The molecule has 8 heteroatoms. The molecule has 0 spiro atoms. The van der Waals surface area contributed by atoms with Crippen LogP contribution in [0, 0.1) is 6.92 Å². The largest absolute Gasteiger partial charge is 0.321 e. The number of benzene rings is 3. The van der Waals surface area contributed by atoms with Crippen molar-refractivity contribution in [1.82, 2.24) is 9.78 Å². The van der Waals surface area contributed by atoms with Crippen molar-refractivity contribution in [3.8, 4) is 5.69 Å². The lowest BCUT2D eigenvalue weighted by Gasteiger charge is -2.19. The van der Waals surface area contributed by atoms with Crippen molar-refractivity contribution in [3.63, 3.8) is 0 Å². The molecule has 4 rings (SSSR count). The third kappa shape index (κ3) is 4.26. The van der Waals surface area contributed by atoms with E-state index < -0.39 is 15.9 Å². The average Bonchev–Trinajstić information content (AvgIpc) is 3.21. The normalized spacial score (nSPS) is 11.2. The Morgan fingerprint density at radius 3 is 2.25 bits per heavy atom. The van der Waals surface area contributed by atoms with Gasteiger partial charge in [0, 0.05) is 18.4 Å². The second-order valence-electron chi connectivity index (χ2n) is 7.21. The first-order valence-electron chi connectivity index (χ1n) is 9.94. The Labute approximate surface area is 187 Å². The number of hydrogen-bond acceptors (Lipinski definition) is 4. The van der Waals surface area contributed by atoms with E-state index in [2.05, 4.69) is 10.4 Å². The zero-order chi connectivity index (χ0) is 22.7.